The highest BCUT2D eigenvalue weighted by atomic mass is 79.9. The van der Waals surface area contributed by atoms with E-state index in [9.17, 15) is 0 Å². The Hall–Kier alpha value is -2.21. The van der Waals surface area contributed by atoms with Crippen LogP contribution in [-0.2, 0) is 0 Å². The summed E-state index contributed by atoms with van der Waals surface area (Å²) in [6, 6.07) is 17.6. The predicted molar refractivity (Wildman–Crippen MR) is 102 cm³/mol. The predicted octanol–water partition coefficient (Wildman–Crippen LogP) is 4.71. The van der Waals surface area contributed by atoms with Gasteiger partial charge in [0, 0.05) is 4.47 Å². The SMILES string of the molecule is CC(C)c1ccc([C@@H]2C[C@H](c3ccc(Br)cc3)n3nnnc3N2)cc1. The summed E-state index contributed by atoms with van der Waals surface area (Å²) in [4.78, 5) is 0. The van der Waals surface area contributed by atoms with Crippen LogP contribution in [-0.4, -0.2) is 20.2 Å². The first-order valence-electron chi connectivity index (χ1n) is 8.51. The largest absolute Gasteiger partial charge is 0.346 e. The van der Waals surface area contributed by atoms with Gasteiger partial charge in [-0.2, -0.15) is 0 Å². The Bertz CT molecular complexity index is 854. The number of anilines is 1. The third kappa shape index (κ3) is 3.18. The number of hydrogen-bond donors (Lipinski definition) is 1. The molecule has 2 heterocycles. The van der Waals surface area contributed by atoms with Crippen LogP contribution >= 0.6 is 15.9 Å². The van der Waals surface area contributed by atoms with Crippen molar-refractivity contribution >= 4 is 21.9 Å². The van der Waals surface area contributed by atoms with Crippen LogP contribution in [0.4, 0.5) is 5.95 Å². The second-order valence-electron chi connectivity index (χ2n) is 6.77. The van der Waals surface area contributed by atoms with Crippen LogP contribution in [0.3, 0.4) is 0 Å². The van der Waals surface area contributed by atoms with Gasteiger partial charge in [-0.15, -0.1) is 0 Å². The van der Waals surface area contributed by atoms with Gasteiger partial charge in [-0.1, -0.05) is 71.3 Å². The molecule has 25 heavy (non-hydrogen) atoms. The molecule has 6 heteroatoms. The number of nitrogens with zero attached hydrogens (tertiary/aromatic N) is 4. The fourth-order valence-electron chi connectivity index (χ4n) is 3.33. The summed E-state index contributed by atoms with van der Waals surface area (Å²) < 4.78 is 2.95. The van der Waals surface area contributed by atoms with Crippen molar-refractivity contribution in [2.45, 2.75) is 38.3 Å². The van der Waals surface area contributed by atoms with E-state index >= 15 is 0 Å². The summed E-state index contributed by atoms with van der Waals surface area (Å²) in [5.41, 5.74) is 3.83. The van der Waals surface area contributed by atoms with Gasteiger partial charge in [-0.3, -0.25) is 0 Å². The molecule has 0 amide bonds. The zero-order valence-corrected chi connectivity index (χ0v) is 15.8. The van der Waals surface area contributed by atoms with Crippen LogP contribution in [0.1, 0.15) is 55.0 Å². The van der Waals surface area contributed by atoms with E-state index in [2.05, 4.69) is 99.2 Å². The minimum atomic E-state index is 0.120. The molecule has 1 aliphatic heterocycles. The van der Waals surface area contributed by atoms with Crippen molar-refractivity contribution in [1.29, 1.82) is 0 Å². The Morgan fingerprint density at radius 3 is 2.40 bits per heavy atom. The fraction of sp³-hybridized carbons (Fsp3) is 0.316. The van der Waals surface area contributed by atoms with Crippen molar-refractivity contribution in [2.24, 2.45) is 0 Å². The van der Waals surface area contributed by atoms with Gasteiger partial charge in [0.25, 0.3) is 0 Å². The molecule has 0 unspecified atom stereocenters. The number of tetrazole rings is 1. The highest BCUT2D eigenvalue weighted by Gasteiger charge is 2.30. The standard InChI is InChI=1S/C19H20BrN5/c1-12(2)13-3-5-14(6-4-13)17-11-18(15-7-9-16(20)10-8-15)25-19(21-17)22-23-24-25/h3-10,12,17-18H,11H2,1-2H3,(H,21,22,24)/t17-,18+/m0/s1. The van der Waals surface area contributed by atoms with Crippen LogP contribution in [0.5, 0.6) is 0 Å². The van der Waals surface area contributed by atoms with Crippen LogP contribution in [0.15, 0.2) is 53.0 Å². The molecule has 5 nitrogen and oxygen atoms in total. The Morgan fingerprint density at radius 2 is 1.72 bits per heavy atom. The number of nitrogens with one attached hydrogen (secondary N) is 1. The monoisotopic (exact) mass is 397 g/mol. The topological polar surface area (TPSA) is 55.6 Å². The summed E-state index contributed by atoms with van der Waals surface area (Å²) in [6.45, 7) is 4.43. The molecular weight excluding hydrogens is 378 g/mol. The minimum Gasteiger partial charge on any atom is -0.346 e. The summed E-state index contributed by atoms with van der Waals surface area (Å²) in [5.74, 6) is 1.26. The summed E-state index contributed by atoms with van der Waals surface area (Å²) >= 11 is 3.50. The average molecular weight is 398 g/mol. The first kappa shape index (κ1) is 16.3. The fourth-order valence-corrected chi connectivity index (χ4v) is 3.60. The molecule has 0 radical (unpaired) electrons. The van der Waals surface area contributed by atoms with Gasteiger partial charge < -0.3 is 5.32 Å². The smallest absolute Gasteiger partial charge is 0.243 e. The van der Waals surface area contributed by atoms with E-state index in [1.807, 2.05) is 4.68 Å². The van der Waals surface area contributed by atoms with Crippen molar-refractivity contribution < 1.29 is 0 Å². The second kappa shape index (κ2) is 6.59. The molecule has 0 saturated heterocycles. The number of halogens is 1. The van der Waals surface area contributed by atoms with Crippen molar-refractivity contribution in [3.8, 4) is 0 Å². The van der Waals surface area contributed by atoms with Gasteiger partial charge in [-0.25, -0.2) is 4.68 Å². The molecule has 0 bridgehead atoms. The van der Waals surface area contributed by atoms with Gasteiger partial charge in [0.2, 0.25) is 5.95 Å². The molecule has 1 N–H and O–H groups in total. The van der Waals surface area contributed by atoms with Gasteiger partial charge in [-0.05, 0) is 51.6 Å². The van der Waals surface area contributed by atoms with Gasteiger partial charge in [0.05, 0.1) is 12.1 Å². The maximum atomic E-state index is 4.18. The molecule has 2 aromatic carbocycles. The molecule has 128 valence electrons. The normalized spacial score (nSPS) is 19.5. The zero-order chi connectivity index (χ0) is 17.4. The molecule has 4 rings (SSSR count). The number of rotatable bonds is 3. The van der Waals surface area contributed by atoms with Crippen molar-refractivity contribution in [2.75, 3.05) is 5.32 Å². The lowest BCUT2D eigenvalue weighted by Crippen LogP contribution is -2.28. The molecule has 0 spiro atoms. The van der Waals surface area contributed by atoms with Gasteiger partial charge in [0.1, 0.15) is 0 Å². The van der Waals surface area contributed by atoms with Crippen LogP contribution in [0.2, 0.25) is 0 Å². The molecule has 3 aromatic rings. The van der Waals surface area contributed by atoms with E-state index in [-0.39, 0.29) is 12.1 Å². The third-order valence-electron chi connectivity index (χ3n) is 4.81. The highest BCUT2D eigenvalue weighted by Crippen LogP contribution is 2.37. The Kier molecular flexibility index (Phi) is 4.29. The number of fused-ring (bicyclic) bond motifs is 1. The van der Waals surface area contributed by atoms with Crippen molar-refractivity contribution in [1.82, 2.24) is 20.2 Å². The Morgan fingerprint density at radius 1 is 1.04 bits per heavy atom. The van der Waals surface area contributed by atoms with E-state index < -0.39 is 0 Å². The lowest BCUT2D eigenvalue weighted by atomic mass is 9.92. The summed E-state index contributed by atoms with van der Waals surface area (Å²) in [6.07, 6.45) is 0.903. The number of hydrogen-bond acceptors (Lipinski definition) is 4. The molecule has 0 aliphatic carbocycles. The maximum Gasteiger partial charge on any atom is 0.243 e. The second-order valence-corrected chi connectivity index (χ2v) is 7.68. The maximum absolute atomic E-state index is 4.18. The molecule has 1 aromatic heterocycles. The summed E-state index contributed by atoms with van der Waals surface area (Å²) in [7, 11) is 0. The van der Waals surface area contributed by atoms with Crippen molar-refractivity contribution in [3.05, 3.63) is 69.7 Å². The third-order valence-corrected chi connectivity index (χ3v) is 5.34. The van der Waals surface area contributed by atoms with E-state index in [0.29, 0.717) is 5.92 Å². The molecule has 2 atom stereocenters. The average Bonchev–Trinajstić information content (AvgIpc) is 3.10. The van der Waals surface area contributed by atoms with E-state index in [1.165, 1.54) is 16.7 Å². The Labute approximate surface area is 155 Å². The highest BCUT2D eigenvalue weighted by molar-refractivity contribution is 9.10. The molecule has 0 fully saturated rings. The first-order valence-corrected chi connectivity index (χ1v) is 9.31. The van der Waals surface area contributed by atoms with E-state index in [4.69, 9.17) is 0 Å². The van der Waals surface area contributed by atoms with Crippen LogP contribution in [0, 0.1) is 0 Å². The van der Waals surface area contributed by atoms with E-state index in [1.54, 1.807) is 0 Å². The van der Waals surface area contributed by atoms with Gasteiger partial charge >= 0.3 is 0 Å². The summed E-state index contributed by atoms with van der Waals surface area (Å²) in [5, 5.41) is 15.7. The lowest BCUT2D eigenvalue weighted by molar-refractivity contribution is 0.423. The Balaban J connectivity index is 1.67. The minimum absolute atomic E-state index is 0.120. The quantitative estimate of drug-likeness (QED) is 0.695. The van der Waals surface area contributed by atoms with Crippen LogP contribution in [0.25, 0.3) is 0 Å². The molecular formula is C19H20BrN5. The lowest BCUT2D eigenvalue weighted by Gasteiger charge is -2.31. The van der Waals surface area contributed by atoms with Crippen LogP contribution < -0.4 is 5.32 Å². The number of aromatic nitrogens is 4. The van der Waals surface area contributed by atoms with Gasteiger partial charge in [0.15, 0.2) is 0 Å². The zero-order valence-electron chi connectivity index (χ0n) is 14.2. The van der Waals surface area contributed by atoms with E-state index in [0.717, 1.165) is 16.8 Å². The first-order chi connectivity index (χ1) is 12.1. The number of benzene rings is 2. The molecule has 0 saturated carbocycles. The molecule has 1 aliphatic rings. The van der Waals surface area contributed by atoms with Crippen molar-refractivity contribution in [3.63, 3.8) is 0 Å².